The van der Waals surface area contributed by atoms with E-state index in [-0.39, 0.29) is 12.5 Å². The third-order valence-corrected chi connectivity index (χ3v) is 5.30. The van der Waals surface area contributed by atoms with Gasteiger partial charge in [-0.2, -0.15) is 0 Å². The van der Waals surface area contributed by atoms with Crippen molar-refractivity contribution in [3.8, 4) is 5.75 Å². The SMILES string of the molecule is Cc1[nH]c2ccccc2c1C1CCN(C(=O)COc2ccccc2)CC1. The maximum atomic E-state index is 12.4. The van der Waals surface area contributed by atoms with Crippen LogP contribution >= 0.6 is 0 Å². The molecule has 1 saturated heterocycles. The third-order valence-electron chi connectivity index (χ3n) is 5.30. The van der Waals surface area contributed by atoms with E-state index in [1.165, 1.54) is 22.2 Å². The fourth-order valence-corrected chi connectivity index (χ4v) is 4.00. The molecule has 2 aromatic carbocycles. The van der Waals surface area contributed by atoms with Gasteiger partial charge in [-0.15, -0.1) is 0 Å². The molecule has 0 unspecified atom stereocenters. The normalized spacial score (nSPS) is 15.3. The number of carbonyl (C=O) groups excluding carboxylic acids is 1. The predicted octanol–water partition coefficient (Wildman–Crippen LogP) is 4.26. The minimum atomic E-state index is 0.0722. The largest absolute Gasteiger partial charge is 0.484 e. The molecule has 1 aromatic heterocycles. The molecule has 1 aliphatic rings. The van der Waals surface area contributed by atoms with Crippen molar-refractivity contribution < 1.29 is 9.53 Å². The van der Waals surface area contributed by atoms with Crippen molar-refractivity contribution in [1.82, 2.24) is 9.88 Å². The third kappa shape index (κ3) is 3.32. The molecule has 0 atom stereocenters. The zero-order valence-corrected chi connectivity index (χ0v) is 15.1. The van der Waals surface area contributed by atoms with Gasteiger partial charge in [-0.25, -0.2) is 0 Å². The Balaban J connectivity index is 1.38. The Hall–Kier alpha value is -2.75. The number of aryl methyl sites for hydroxylation is 1. The van der Waals surface area contributed by atoms with Crippen molar-refractivity contribution in [2.24, 2.45) is 0 Å². The first-order chi connectivity index (χ1) is 12.7. The van der Waals surface area contributed by atoms with Crippen LogP contribution in [0.15, 0.2) is 54.6 Å². The number of hydrogen-bond acceptors (Lipinski definition) is 2. The summed E-state index contributed by atoms with van der Waals surface area (Å²) in [7, 11) is 0. The number of nitrogens with zero attached hydrogens (tertiary/aromatic N) is 1. The van der Waals surface area contributed by atoms with Crippen molar-refractivity contribution in [3.63, 3.8) is 0 Å². The van der Waals surface area contributed by atoms with Crippen LogP contribution < -0.4 is 4.74 Å². The van der Waals surface area contributed by atoms with Gasteiger partial charge in [0.2, 0.25) is 0 Å². The number of para-hydroxylation sites is 2. The van der Waals surface area contributed by atoms with Crippen molar-refractivity contribution >= 4 is 16.8 Å². The molecule has 1 N–H and O–H groups in total. The molecule has 4 nitrogen and oxygen atoms in total. The molecule has 0 aliphatic carbocycles. The Bertz CT molecular complexity index is 893. The Morgan fingerprint density at radius 2 is 1.77 bits per heavy atom. The minimum absolute atomic E-state index is 0.0722. The average Bonchev–Trinajstić information content (AvgIpc) is 3.03. The second kappa shape index (κ2) is 7.24. The average molecular weight is 348 g/mol. The molecule has 3 aromatic rings. The van der Waals surface area contributed by atoms with Gasteiger partial charge in [0, 0.05) is 29.7 Å². The van der Waals surface area contributed by atoms with Gasteiger partial charge in [0.05, 0.1) is 0 Å². The van der Waals surface area contributed by atoms with Crippen LogP contribution in [-0.4, -0.2) is 35.5 Å². The van der Waals surface area contributed by atoms with Crippen molar-refractivity contribution in [2.75, 3.05) is 19.7 Å². The Morgan fingerprint density at radius 3 is 2.54 bits per heavy atom. The molecule has 1 fully saturated rings. The monoisotopic (exact) mass is 348 g/mol. The number of likely N-dealkylation sites (tertiary alicyclic amines) is 1. The summed E-state index contributed by atoms with van der Waals surface area (Å²) < 4.78 is 5.60. The molecule has 1 amide bonds. The Labute approximate surface area is 153 Å². The van der Waals surface area contributed by atoms with Gasteiger partial charge in [-0.1, -0.05) is 36.4 Å². The summed E-state index contributed by atoms with van der Waals surface area (Å²) in [5.41, 5.74) is 3.88. The smallest absolute Gasteiger partial charge is 0.260 e. The lowest BCUT2D eigenvalue weighted by Gasteiger charge is -2.32. The first-order valence-electron chi connectivity index (χ1n) is 9.25. The molecule has 0 saturated carbocycles. The summed E-state index contributed by atoms with van der Waals surface area (Å²) >= 11 is 0. The van der Waals surface area contributed by atoms with Gasteiger partial charge < -0.3 is 14.6 Å². The van der Waals surface area contributed by atoms with Crippen LogP contribution in [0.1, 0.15) is 30.0 Å². The number of aromatic nitrogens is 1. The van der Waals surface area contributed by atoms with Crippen LogP contribution in [-0.2, 0) is 4.79 Å². The van der Waals surface area contributed by atoms with E-state index in [4.69, 9.17) is 4.74 Å². The molecule has 26 heavy (non-hydrogen) atoms. The highest BCUT2D eigenvalue weighted by Crippen LogP contribution is 2.35. The van der Waals surface area contributed by atoms with E-state index in [9.17, 15) is 4.79 Å². The number of H-pyrrole nitrogens is 1. The summed E-state index contributed by atoms with van der Waals surface area (Å²) in [6.07, 6.45) is 2.00. The van der Waals surface area contributed by atoms with E-state index >= 15 is 0 Å². The highest BCUT2D eigenvalue weighted by Gasteiger charge is 2.26. The Morgan fingerprint density at radius 1 is 1.08 bits per heavy atom. The van der Waals surface area contributed by atoms with Gasteiger partial charge in [0.25, 0.3) is 5.91 Å². The highest BCUT2D eigenvalue weighted by atomic mass is 16.5. The number of carbonyl (C=O) groups is 1. The molecule has 134 valence electrons. The topological polar surface area (TPSA) is 45.3 Å². The van der Waals surface area contributed by atoms with Gasteiger partial charge in [0.15, 0.2) is 6.61 Å². The van der Waals surface area contributed by atoms with Crippen LogP contribution in [0.25, 0.3) is 10.9 Å². The number of nitrogens with one attached hydrogen (secondary N) is 1. The van der Waals surface area contributed by atoms with E-state index < -0.39 is 0 Å². The number of rotatable bonds is 4. The molecule has 1 aliphatic heterocycles. The van der Waals surface area contributed by atoms with Crippen LogP contribution in [0, 0.1) is 6.92 Å². The number of amides is 1. The lowest BCUT2D eigenvalue weighted by Crippen LogP contribution is -2.40. The van der Waals surface area contributed by atoms with Crippen molar-refractivity contribution in [3.05, 3.63) is 65.9 Å². The van der Waals surface area contributed by atoms with Gasteiger partial charge in [0.1, 0.15) is 5.75 Å². The molecular formula is C22H24N2O2. The van der Waals surface area contributed by atoms with Gasteiger partial charge >= 0.3 is 0 Å². The molecule has 0 bridgehead atoms. The quantitative estimate of drug-likeness (QED) is 0.766. The van der Waals surface area contributed by atoms with Gasteiger partial charge in [-0.3, -0.25) is 4.79 Å². The standard InChI is InChI=1S/C22H24N2O2/c1-16-22(19-9-5-6-10-20(19)23-16)17-11-13-24(14-12-17)21(25)15-26-18-7-3-2-4-8-18/h2-10,17,23H,11-15H2,1H3. The zero-order chi connectivity index (χ0) is 17.9. The summed E-state index contributed by atoms with van der Waals surface area (Å²) in [6, 6.07) is 18.0. The molecule has 4 heteroatoms. The lowest BCUT2D eigenvalue weighted by atomic mass is 9.87. The van der Waals surface area contributed by atoms with Crippen LogP contribution in [0.3, 0.4) is 0 Å². The van der Waals surface area contributed by atoms with E-state index in [0.29, 0.717) is 5.92 Å². The van der Waals surface area contributed by atoms with Crippen molar-refractivity contribution in [1.29, 1.82) is 0 Å². The first kappa shape index (κ1) is 16.7. The van der Waals surface area contributed by atoms with E-state index in [2.05, 4.69) is 36.2 Å². The van der Waals surface area contributed by atoms with Crippen LogP contribution in [0.5, 0.6) is 5.75 Å². The number of aromatic amines is 1. The maximum Gasteiger partial charge on any atom is 0.260 e. The first-order valence-corrected chi connectivity index (χ1v) is 9.25. The fourth-order valence-electron chi connectivity index (χ4n) is 4.00. The number of fused-ring (bicyclic) bond motifs is 1. The second-order valence-corrected chi connectivity index (χ2v) is 6.97. The van der Waals surface area contributed by atoms with Crippen LogP contribution in [0.2, 0.25) is 0 Å². The van der Waals surface area contributed by atoms with E-state index in [1.807, 2.05) is 35.2 Å². The Kier molecular flexibility index (Phi) is 4.65. The van der Waals surface area contributed by atoms with Crippen LogP contribution in [0.4, 0.5) is 0 Å². The predicted molar refractivity (Wildman–Crippen MR) is 104 cm³/mol. The second-order valence-electron chi connectivity index (χ2n) is 6.97. The molecular weight excluding hydrogens is 324 g/mol. The van der Waals surface area contributed by atoms with E-state index in [0.717, 1.165) is 31.7 Å². The molecule has 2 heterocycles. The van der Waals surface area contributed by atoms with E-state index in [1.54, 1.807) is 0 Å². The summed E-state index contributed by atoms with van der Waals surface area (Å²) in [5, 5.41) is 1.32. The number of benzene rings is 2. The summed E-state index contributed by atoms with van der Waals surface area (Å²) in [6.45, 7) is 3.85. The van der Waals surface area contributed by atoms with Gasteiger partial charge in [-0.05, 0) is 49.4 Å². The maximum absolute atomic E-state index is 12.4. The zero-order valence-electron chi connectivity index (χ0n) is 15.1. The molecule has 0 spiro atoms. The summed E-state index contributed by atoms with van der Waals surface area (Å²) in [4.78, 5) is 17.9. The lowest BCUT2D eigenvalue weighted by molar-refractivity contribution is -0.134. The summed E-state index contributed by atoms with van der Waals surface area (Å²) in [5.74, 6) is 1.32. The molecule has 0 radical (unpaired) electrons. The number of ether oxygens (including phenoxy) is 1. The molecule has 4 rings (SSSR count). The van der Waals surface area contributed by atoms with Crippen molar-refractivity contribution in [2.45, 2.75) is 25.7 Å². The fraction of sp³-hybridized carbons (Fsp3) is 0.318. The number of piperidine rings is 1. The highest BCUT2D eigenvalue weighted by molar-refractivity contribution is 5.85. The number of hydrogen-bond donors (Lipinski definition) is 1. The minimum Gasteiger partial charge on any atom is -0.484 e.